The largest absolute Gasteiger partial charge is 0.449 e. The number of benzene rings is 2. The second-order valence-corrected chi connectivity index (χ2v) is 6.60. The van der Waals surface area contributed by atoms with Crippen LogP contribution in [0.3, 0.4) is 0 Å². The number of nitrogens with zero attached hydrogens (tertiary/aromatic N) is 1. The molecule has 0 saturated carbocycles. The van der Waals surface area contributed by atoms with Crippen LogP contribution in [-0.2, 0) is 14.3 Å². The molecule has 0 aliphatic heterocycles. The number of amides is 2. The number of rotatable bonds is 6. The number of hydrogen-bond donors (Lipinski definition) is 1. The summed E-state index contributed by atoms with van der Waals surface area (Å²) in [5.41, 5.74) is 2.02. The van der Waals surface area contributed by atoms with Gasteiger partial charge in [0, 0.05) is 17.8 Å². The highest BCUT2D eigenvalue weighted by atomic mass is 35.5. The van der Waals surface area contributed by atoms with Gasteiger partial charge in [-0.1, -0.05) is 29.3 Å². The maximum absolute atomic E-state index is 12.3. The zero-order valence-electron chi connectivity index (χ0n) is 15.4. The average molecular weight is 389 g/mol. The first-order chi connectivity index (χ1) is 12.8. The van der Waals surface area contributed by atoms with Crippen molar-refractivity contribution in [2.75, 3.05) is 18.9 Å². The second kappa shape index (κ2) is 9.19. The molecule has 2 amide bonds. The van der Waals surface area contributed by atoms with Gasteiger partial charge in [-0.05, 0) is 50.2 Å². The van der Waals surface area contributed by atoms with E-state index in [1.807, 2.05) is 19.1 Å². The molecule has 27 heavy (non-hydrogen) atoms. The Kier molecular flexibility index (Phi) is 6.96. The van der Waals surface area contributed by atoms with E-state index in [1.165, 1.54) is 31.0 Å². The number of ether oxygens (including phenoxy) is 1. The van der Waals surface area contributed by atoms with E-state index in [0.29, 0.717) is 16.3 Å². The molecule has 0 heterocycles. The highest BCUT2D eigenvalue weighted by molar-refractivity contribution is 6.30. The molecule has 2 aromatic carbocycles. The van der Waals surface area contributed by atoms with Crippen molar-refractivity contribution >= 4 is 35.1 Å². The van der Waals surface area contributed by atoms with Crippen LogP contribution in [0.2, 0.25) is 5.02 Å². The minimum Gasteiger partial charge on any atom is -0.449 e. The minimum absolute atomic E-state index is 0.157. The maximum Gasteiger partial charge on any atom is 0.338 e. The van der Waals surface area contributed by atoms with Crippen LogP contribution in [-0.4, -0.2) is 42.4 Å². The van der Waals surface area contributed by atoms with E-state index >= 15 is 0 Å². The number of anilines is 1. The fourth-order valence-electron chi connectivity index (χ4n) is 2.31. The summed E-state index contributed by atoms with van der Waals surface area (Å²) in [6, 6.07) is 13.5. The summed E-state index contributed by atoms with van der Waals surface area (Å²) in [6.45, 7) is 3.25. The van der Waals surface area contributed by atoms with E-state index in [1.54, 1.807) is 24.3 Å². The van der Waals surface area contributed by atoms with Crippen molar-refractivity contribution in [2.24, 2.45) is 0 Å². The molecule has 0 bridgehead atoms. The molecule has 0 unspecified atom stereocenters. The fourth-order valence-corrected chi connectivity index (χ4v) is 2.43. The van der Waals surface area contributed by atoms with Crippen LogP contribution >= 0.6 is 11.6 Å². The molecule has 0 aliphatic rings. The van der Waals surface area contributed by atoms with Gasteiger partial charge < -0.3 is 15.0 Å². The lowest BCUT2D eigenvalue weighted by Crippen LogP contribution is -2.41. The zero-order chi connectivity index (χ0) is 20.0. The molecule has 2 aromatic rings. The summed E-state index contributed by atoms with van der Waals surface area (Å²) < 4.78 is 5.17. The summed E-state index contributed by atoms with van der Waals surface area (Å²) in [4.78, 5) is 37.7. The van der Waals surface area contributed by atoms with E-state index < -0.39 is 18.0 Å². The Hall–Kier alpha value is -2.86. The van der Waals surface area contributed by atoms with Crippen LogP contribution in [0, 0.1) is 6.92 Å². The van der Waals surface area contributed by atoms with Crippen molar-refractivity contribution in [3.05, 3.63) is 64.7 Å². The Bertz CT molecular complexity index is 819. The summed E-state index contributed by atoms with van der Waals surface area (Å²) >= 11 is 5.78. The van der Waals surface area contributed by atoms with E-state index in [-0.39, 0.29) is 12.5 Å². The molecule has 0 aliphatic carbocycles. The van der Waals surface area contributed by atoms with Gasteiger partial charge in [-0.3, -0.25) is 9.59 Å². The summed E-state index contributed by atoms with van der Waals surface area (Å²) in [6.07, 6.45) is -1.02. The molecule has 0 radical (unpaired) electrons. The third-order valence-corrected chi connectivity index (χ3v) is 4.06. The van der Waals surface area contributed by atoms with Crippen LogP contribution < -0.4 is 5.32 Å². The Balaban J connectivity index is 1.87. The lowest BCUT2D eigenvalue weighted by molar-refractivity contribution is -0.140. The molecule has 0 aromatic heterocycles. The Labute approximate surface area is 163 Å². The Morgan fingerprint density at radius 1 is 1.07 bits per heavy atom. The number of esters is 1. The van der Waals surface area contributed by atoms with Gasteiger partial charge in [0.25, 0.3) is 5.91 Å². The van der Waals surface area contributed by atoms with E-state index in [2.05, 4.69) is 5.32 Å². The number of halogens is 1. The molecular formula is C20H21ClN2O4. The monoisotopic (exact) mass is 388 g/mol. The average Bonchev–Trinajstić information content (AvgIpc) is 2.63. The topological polar surface area (TPSA) is 75.7 Å². The minimum atomic E-state index is -1.02. The third kappa shape index (κ3) is 6.11. The lowest BCUT2D eigenvalue weighted by atomic mass is 10.2. The standard InChI is InChI=1S/C20H21ClN2O4/c1-13-4-10-17(11-5-13)22-18(24)12-23(3)19(25)14(2)27-20(26)15-6-8-16(21)9-7-15/h4-11,14H,12H2,1-3H3,(H,22,24)/t14-/m0/s1. The SMILES string of the molecule is Cc1ccc(NC(=O)CN(C)C(=O)[C@H](C)OC(=O)c2ccc(Cl)cc2)cc1. The number of aryl methyl sites for hydroxylation is 1. The van der Waals surface area contributed by atoms with Gasteiger partial charge in [0.1, 0.15) is 0 Å². The highest BCUT2D eigenvalue weighted by Crippen LogP contribution is 2.12. The van der Waals surface area contributed by atoms with Gasteiger partial charge in [0.2, 0.25) is 5.91 Å². The van der Waals surface area contributed by atoms with Crippen molar-refractivity contribution in [3.8, 4) is 0 Å². The van der Waals surface area contributed by atoms with Gasteiger partial charge >= 0.3 is 5.97 Å². The van der Waals surface area contributed by atoms with E-state index in [9.17, 15) is 14.4 Å². The smallest absolute Gasteiger partial charge is 0.338 e. The first kappa shape index (κ1) is 20.5. The molecule has 2 rings (SSSR count). The van der Waals surface area contributed by atoms with Crippen molar-refractivity contribution in [3.63, 3.8) is 0 Å². The number of carbonyl (C=O) groups is 3. The molecule has 7 heteroatoms. The van der Waals surface area contributed by atoms with E-state index in [0.717, 1.165) is 5.56 Å². The molecular weight excluding hydrogens is 368 g/mol. The number of carbonyl (C=O) groups excluding carboxylic acids is 3. The lowest BCUT2D eigenvalue weighted by Gasteiger charge is -2.21. The van der Waals surface area contributed by atoms with Gasteiger partial charge in [0.15, 0.2) is 6.10 Å². The number of hydrogen-bond acceptors (Lipinski definition) is 4. The van der Waals surface area contributed by atoms with Crippen molar-refractivity contribution in [1.29, 1.82) is 0 Å². The molecule has 1 atom stereocenters. The van der Waals surface area contributed by atoms with Gasteiger partial charge in [0.05, 0.1) is 12.1 Å². The number of nitrogens with one attached hydrogen (secondary N) is 1. The zero-order valence-corrected chi connectivity index (χ0v) is 16.1. The summed E-state index contributed by atoms with van der Waals surface area (Å²) in [5, 5.41) is 3.21. The second-order valence-electron chi connectivity index (χ2n) is 6.16. The quantitative estimate of drug-likeness (QED) is 0.770. The van der Waals surface area contributed by atoms with E-state index in [4.69, 9.17) is 16.3 Å². The summed E-state index contributed by atoms with van der Waals surface area (Å²) in [7, 11) is 1.48. The molecule has 0 spiro atoms. The predicted octanol–water partition coefficient (Wildman–Crippen LogP) is 3.29. The van der Waals surface area contributed by atoms with Crippen molar-refractivity contribution < 1.29 is 19.1 Å². The molecule has 1 N–H and O–H groups in total. The van der Waals surface area contributed by atoms with Crippen LogP contribution in [0.25, 0.3) is 0 Å². The van der Waals surface area contributed by atoms with Crippen LogP contribution in [0.4, 0.5) is 5.69 Å². The first-order valence-electron chi connectivity index (χ1n) is 8.34. The van der Waals surface area contributed by atoms with Crippen molar-refractivity contribution in [2.45, 2.75) is 20.0 Å². The van der Waals surface area contributed by atoms with Crippen LogP contribution in [0.5, 0.6) is 0 Å². The maximum atomic E-state index is 12.3. The van der Waals surface area contributed by atoms with Crippen LogP contribution in [0.15, 0.2) is 48.5 Å². The predicted molar refractivity (Wildman–Crippen MR) is 104 cm³/mol. The summed E-state index contributed by atoms with van der Waals surface area (Å²) in [5.74, 6) is -1.45. The molecule has 6 nitrogen and oxygen atoms in total. The van der Waals surface area contributed by atoms with Gasteiger partial charge in [-0.15, -0.1) is 0 Å². The Morgan fingerprint density at radius 3 is 2.26 bits per heavy atom. The first-order valence-corrected chi connectivity index (χ1v) is 8.72. The van der Waals surface area contributed by atoms with Crippen LogP contribution in [0.1, 0.15) is 22.8 Å². The number of likely N-dealkylation sites (N-methyl/N-ethyl adjacent to an activating group) is 1. The Morgan fingerprint density at radius 2 is 1.67 bits per heavy atom. The molecule has 0 saturated heterocycles. The highest BCUT2D eigenvalue weighted by Gasteiger charge is 2.23. The molecule has 142 valence electrons. The molecule has 0 fully saturated rings. The fraction of sp³-hybridized carbons (Fsp3) is 0.250. The normalized spacial score (nSPS) is 11.4. The third-order valence-electron chi connectivity index (χ3n) is 3.80. The van der Waals surface area contributed by atoms with Crippen molar-refractivity contribution in [1.82, 2.24) is 4.90 Å². The van der Waals surface area contributed by atoms with Gasteiger partial charge in [-0.25, -0.2) is 4.79 Å². The van der Waals surface area contributed by atoms with Gasteiger partial charge in [-0.2, -0.15) is 0 Å².